The van der Waals surface area contributed by atoms with E-state index in [4.69, 9.17) is 11.6 Å². The van der Waals surface area contributed by atoms with Crippen LogP contribution in [0.3, 0.4) is 0 Å². The van der Waals surface area contributed by atoms with E-state index in [1.54, 1.807) is 0 Å². The molecule has 0 saturated carbocycles. The summed E-state index contributed by atoms with van der Waals surface area (Å²) in [6.45, 7) is 0. The second kappa shape index (κ2) is 4.39. The van der Waals surface area contributed by atoms with Gasteiger partial charge in [0.25, 0.3) is 0 Å². The molecule has 0 aliphatic rings. The van der Waals surface area contributed by atoms with Gasteiger partial charge in [0, 0.05) is 10.6 Å². The number of hydrogen-bond acceptors (Lipinski definition) is 3. The van der Waals surface area contributed by atoms with Crippen molar-refractivity contribution in [1.29, 1.82) is 0 Å². The molecule has 1 unspecified atom stereocenters. The van der Waals surface area contributed by atoms with Crippen LogP contribution >= 0.6 is 11.6 Å². The van der Waals surface area contributed by atoms with Crippen molar-refractivity contribution in [2.45, 2.75) is 6.10 Å². The van der Waals surface area contributed by atoms with E-state index >= 15 is 0 Å². The third-order valence-corrected chi connectivity index (χ3v) is 2.02. The number of esters is 1. The van der Waals surface area contributed by atoms with E-state index in [2.05, 4.69) is 4.74 Å². The van der Waals surface area contributed by atoms with Gasteiger partial charge in [-0.2, -0.15) is 0 Å². The zero-order valence-electron chi connectivity index (χ0n) is 7.33. The van der Waals surface area contributed by atoms with Crippen LogP contribution in [0.5, 0.6) is 0 Å². The molecule has 14 heavy (non-hydrogen) atoms. The Hall–Kier alpha value is -1.13. The van der Waals surface area contributed by atoms with Crippen LogP contribution in [0.1, 0.15) is 11.7 Å². The topological polar surface area (TPSA) is 46.5 Å². The SMILES string of the molecule is COC(=O)C(O)c1cc(F)ccc1Cl. The maximum absolute atomic E-state index is 12.8. The minimum Gasteiger partial charge on any atom is -0.467 e. The zero-order valence-corrected chi connectivity index (χ0v) is 8.08. The third kappa shape index (κ3) is 2.21. The summed E-state index contributed by atoms with van der Waals surface area (Å²) < 4.78 is 17.0. The Morgan fingerprint density at radius 1 is 1.64 bits per heavy atom. The van der Waals surface area contributed by atoms with Crippen LogP contribution in [0.4, 0.5) is 4.39 Å². The van der Waals surface area contributed by atoms with Gasteiger partial charge in [-0.3, -0.25) is 0 Å². The lowest BCUT2D eigenvalue weighted by Gasteiger charge is -2.09. The van der Waals surface area contributed by atoms with Crippen molar-refractivity contribution < 1.29 is 19.0 Å². The van der Waals surface area contributed by atoms with Crippen molar-refractivity contribution in [3.8, 4) is 0 Å². The molecule has 0 aromatic heterocycles. The highest BCUT2D eigenvalue weighted by Gasteiger charge is 2.20. The fourth-order valence-electron chi connectivity index (χ4n) is 0.963. The summed E-state index contributed by atoms with van der Waals surface area (Å²) in [7, 11) is 1.12. The van der Waals surface area contributed by atoms with Crippen molar-refractivity contribution in [2.75, 3.05) is 7.11 Å². The zero-order chi connectivity index (χ0) is 10.7. The summed E-state index contributed by atoms with van der Waals surface area (Å²) in [6.07, 6.45) is -1.55. The Labute approximate surface area is 85.1 Å². The van der Waals surface area contributed by atoms with Gasteiger partial charge in [0.1, 0.15) is 5.82 Å². The molecule has 1 rings (SSSR count). The first-order valence-corrected chi connectivity index (χ1v) is 4.15. The number of carbonyl (C=O) groups is 1. The number of halogens is 2. The normalized spacial score (nSPS) is 12.3. The van der Waals surface area contributed by atoms with E-state index in [-0.39, 0.29) is 10.6 Å². The maximum atomic E-state index is 12.8. The molecule has 0 fully saturated rings. The van der Waals surface area contributed by atoms with E-state index in [1.165, 1.54) is 6.07 Å². The van der Waals surface area contributed by atoms with Crippen molar-refractivity contribution in [3.05, 3.63) is 34.6 Å². The van der Waals surface area contributed by atoms with Gasteiger partial charge >= 0.3 is 5.97 Å². The predicted molar refractivity (Wildman–Crippen MR) is 48.4 cm³/mol. The number of methoxy groups -OCH3 is 1. The molecular weight excluding hydrogens is 211 g/mol. The van der Waals surface area contributed by atoms with E-state index in [0.29, 0.717) is 0 Å². The van der Waals surface area contributed by atoms with Gasteiger partial charge in [0.15, 0.2) is 6.10 Å². The van der Waals surface area contributed by atoms with E-state index in [0.717, 1.165) is 19.2 Å². The van der Waals surface area contributed by atoms with E-state index < -0.39 is 17.9 Å². The number of aliphatic hydroxyl groups is 1. The average molecular weight is 219 g/mol. The van der Waals surface area contributed by atoms with Crippen LogP contribution in [-0.4, -0.2) is 18.2 Å². The number of carbonyl (C=O) groups excluding carboxylic acids is 1. The van der Waals surface area contributed by atoms with Crippen molar-refractivity contribution >= 4 is 17.6 Å². The lowest BCUT2D eigenvalue weighted by Crippen LogP contribution is -2.14. The number of benzene rings is 1. The summed E-state index contributed by atoms with van der Waals surface area (Å²) >= 11 is 5.66. The second-order valence-corrected chi connectivity index (χ2v) is 3.00. The third-order valence-electron chi connectivity index (χ3n) is 1.68. The minimum atomic E-state index is -1.55. The van der Waals surface area contributed by atoms with E-state index in [1.807, 2.05) is 0 Å². The maximum Gasteiger partial charge on any atom is 0.339 e. The Bertz CT molecular complexity index is 354. The van der Waals surface area contributed by atoms with Crippen molar-refractivity contribution in [2.24, 2.45) is 0 Å². The summed E-state index contributed by atoms with van der Waals surface area (Å²) in [4.78, 5) is 10.9. The highest BCUT2D eigenvalue weighted by molar-refractivity contribution is 6.31. The van der Waals surface area contributed by atoms with Gasteiger partial charge in [0.2, 0.25) is 0 Å². The van der Waals surface area contributed by atoms with Crippen LogP contribution in [0.15, 0.2) is 18.2 Å². The Morgan fingerprint density at radius 2 is 2.29 bits per heavy atom. The second-order valence-electron chi connectivity index (χ2n) is 2.59. The molecular formula is C9H8ClFO3. The van der Waals surface area contributed by atoms with Gasteiger partial charge in [-0.1, -0.05) is 11.6 Å². The molecule has 0 amide bonds. The molecule has 1 aromatic carbocycles. The van der Waals surface area contributed by atoms with Crippen LogP contribution in [-0.2, 0) is 9.53 Å². The monoisotopic (exact) mass is 218 g/mol. The predicted octanol–water partition coefficient (Wildman–Crippen LogP) is 1.69. The molecule has 0 aliphatic carbocycles. The first-order valence-electron chi connectivity index (χ1n) is 3.77. The average Bonchev–Trinajstić information content (AvgIpc) is 2.19. The molecule has 0 bridgehead atoms. The molecule has 5 heteroatoms. The lowest BCUT2D eigenvalue weighted by atomic mass is 10.1. The van der Waals surface area contributed by atoms with Crippen molar-refractivity contribution in [1.82, 2.24) is 0 Å². The van der Waals surface area contributed by atoms with Crippen LogP contribution in [0.25, 0.3) is 0 Å². The van der Waals surface area contributed by atoms with E-state index in [9.17, 15) is 14.3 Å². The Morgan fingerprint density at radius 3 is 2.86 bits per heavy atom. The summed E-state index contributed by atoms with van der Waals surface area (Å²) in [5.74, 6) is -1.45. The molecule has 0 radical (unpaired) electrons. The Kier molecular flexibility index (Phi) is 3.43. The molecule has 0 spiro atoms. The summed E-state index contributed by atoms with van der Waals surface area (Å²) in [6, 6.07) is 3.39. The van der Waals surface area contributed by atoms with Crippen LogP contribution in [0.2, 0.25) is 5.02 Å². The van der Waals surface area contributed by atoms with Crippen LogP contribution < -0.4 is 0 Å². The molecule has 1 aromatic rings. The highest BCUT2D eigenvalue weighted by atomic mass is 35.5. The number of rotatable bonds is 2. The molecule has 76 valence electrons. The smallest absolute Gasteiger partial charge is 0.339 e. The summed E-state index contributed by atoms with van der Waals surface area (Å²) in [5, 5.41) is 9.48. The fraction of sp³-hybridized carbons (Fsp3) is 0.222. The molecule has 0 heterocycles. The van der Waals surface area contributed by atoms with Crippen molar-refractivity contribution in [3.63, 3.8) is 0 Å². The largest absolute Gasteiger partial charge is 0.467 e. The van der Waals surface area contributed by atoms with Gasteiger partial charge < -0.3 is 9.84 Å². The highest BCUT2D eigenvalue weighted by Crippen LogP contribution is 2.24. The van der Waals surface area contributed by atoms with Crippen LogP contribution in [0, 0.1) is 5.82 Å². The molecule has 1 atom stereocenters. The Balaban J connectivity index is 3.05. The lowest BCUT2D eigenvalue weighted by molar-refractivity contribution is -0.150. The standard InChI is InChI=1S/C9H8ClFO3/c1-14-9(13)8(12)6-4-5(11)2-3-7(6)10/h2-4,8,12H,1H3. The molecule has 0 saturated heterocycles. The first kappa shape index (κ1) is 10.9. The summed E-state index contributed by atoms with van der Waals surface area (Å²) in [5.41, 5.74) is -0.00137. The van der Waals surface area contributed by atoms with Gasteiger partial charge in [-0.05, 0) is 18.2 Å². The number of ether oxygens (including phenoxy) is 1. The minimum absolute atomic E-state index is 0.00137. The first-order chi connectivity index (χ1) is 6.56. The molecule has 3 nitrogen and oxygen atoms in total. The van der Waals surface area contributed by atoms with Gasteiger partial charge in [0.05, 0.1) is 7.11 Å². The molecule has 0 aliphatic heterocycles. The van der Waals surface area contributed by atoms with Gasteiger partial charge in [-0.25, -0.2) is 9.18 Å². The molecule has 1 N–H and O–H groups in total. The number of hydrogen-bond donors (Lipinski definition) is 1. The quantitative estimate of drug-likeness (QED) is 0.769. The number of aliphatic hydroxyl groups excluding tert-OH is 1. The fourth-order valence-corrected chi connectivity index (χ4v) is 1.18. The van der Waals surface area contributed by atoms with Gasteiger partial charge in [-0.15, -0.1) is 0 Å².